The van der Waals surface area contributed by atoms with E-state index in [-0.39, 0.29) is 11.3 Å². The van der Waals surface area contributed by atoms with Crippen molar-refractivity contribution in [2.24, 2.45) is 11.1 Å². The zero-order valence-corrected chi connectivity index (χ0v) is 16.1. The Morgan fingerprint density at radius 2 is 1.72 bits per heavy atom. The van der Waals surface area contributed by atoms with Crippen LogP contribution in [-0.4, -0.2) is 68.6 Å². The summed E-state index contributed by atoms with van der Waals surface area (Å²) in [6.07, 6.45) is 1.61. The average Bonchev–Trinajstić information content (AvgIpc) is 2.69. The van der Waals surface area contributed by atoms with Crippen molar-refractivity contribution in [2.45, 2.75) is 26.7 Å². The van der Waals surface area contributed by atoms with E-state index < -0.39 is 0 Å². The van der Waals surface area contributed by atoms with E-state index in [1.807, 2.05) is 11.9 Å². The molecule has 1 aliphatic heterocycles. The Labute approximate surface area is 152 Å². The van der Waals surface area contributed by atoms with E-state index in [1.54, 1.807) is 0 Å². The van der Waals surface area contributed by atoms with Crippen molar-refractivity contribution < 1.29 is 4.79 Å². The number of para-hydroxylation sites is 1. The SMILES string of the molecule is CCC(CC)(CN)C(=O)N(C)CCN1CCN(c2ccccc2)CC1. The molecule has 1 heterocycles. The van der Waals surface area contributed by atoms with Crippen LogP contribution < -0.4 is 10.6 Å². The summed E-state index contributed by atoms with van der Waals surface area (Å²) in [5, 5.41) is 0. The smallest absolute Gasteiger partial charge is 0.229 e. The zero-order valence-electron chi connectivity index (χ0n) is 16.1. The van der Waals surface area contributed by atoms with Crippen LogP contribution in [0.2, 0.25) is 0 Å². The molecule has 0 atom stereocenters. The fourth-order valence-corrected chi connectivity index (χ4v) is 3.59. The second-order valence-electron chi connectivity index (χ2n) is 7.08. The molecule has 5 nitrogen and oxygen atoms in total. The Morgan fingerprint density at radius 3 is 2.24 bits per heavy atom. The average molecular weight is 347 g/mol. The van der Waals surface area contributed by atoms with Crippen LogP contribution in [0.4, 0.5) is 5.69 Å². The maximum atomic E-state index is 12.8. The number of hydrogen-bond donors (Lipinski definition) is 1. The van der Waals surface area contributed by atoms with Gasteiger partial charge in [-0.25, -0.2) is 0 Å². The summed E-state index contributed by atoms with van der Waals surface area (Å²) in [7, 11) is 1.91. The maximum absolute atomic E-state index is 12.8. The zero-order chi connectivity index (χ0) is 18.3. The third-order valence-electron chi connectivity index (χ3n) is 5.79. The second kappa shape index (κ2) is 9.20. The van der Waals surface area contributed by atoms with Crippen molar-refractivity contribution in [3.63, 3.8) is 0 Å². The number of anilines is 1. The van der Waals surface area contributed by atoms with Gasteiger partial charge >= 0.3 is 0 Å². The Balaban J connectivity index is 1.79. The van der Waals surface area contributed by atoms with Gasteiger partial charge in [0, 0.05) is 58.5 Å². The molecule has 0 aliphatic carbocycles. The number of amides is 1. The molecule has 0 spiro atoms. The molecule has 0 saturated carbocycles. The molecule has 1 saturated heterocycles. The Morgan fingerprint density at radius 1 is 1.12 bits per heavy atom. The normalized spacial score (nSPS) is 16.1. The summed E-state index contributed by atoms with van der Waals surface area (Å²) in [5.74, 6) is 0.197. The first-order chi connectivity index (χ1) is 12.1. The maximum Gasteiger partial charge on any atom is 0.229 e. The largest absolute Gasteiger partial charge is 0.369 e. The van der Waals surface area contributed by atoms with E-state index in [0.29, 0.717) is 6.54 Å². The lowest BCUT2D eigenvalue weighted by Gasteiger charge is -2.38. The van der Waals surface area contributed by atoms with Gasteiger partial charge < -0.3 is 15.5 Å². The number of carbonyl (C=O) groups excluding carboxylic acids is 1. The van der Waals surface area contributed by atoms with Crippen molar-refractivity contribution >= 4 is 11.6 Å². The van der Waals surface area contributed by atoms with Crippen molar-refractivity contribution in [1.82, 2.24) is 9.80 Å². The fourth-order valence-electron chi connectivity index (χ4n) is 3.59. The lowest BCUT2D eigenvalue weighted by molar-refractivity contribution is -0.141. The third kappa shape index (κ3) is 4.73. The molecule has 1 amide bonds. The highest BCUT2D eigenvalue weighted by molar-refractivity contribution is 5.82. The van der Waals surface area contributed by atoms with Crippen LogP contribution in [0.5, 0.6) is 0 Å². The van der Waals surface area contributed by atoms with E-state index in [4.69, 9.17) is 5.73 Å². The van der Waals surface area contributed by atoms with Crippen LogP contribution >= 0.6 is 0 Å². The summed E-state index contributed by atoms with van der Waals surface area (Å²) in [6.45, 7) is 10.4. The number of nitrogens with zero attached hydrogens (tertiary/aromatic N) is 3. The lowest BCUT2D eigenvalue weighted by atomic mass is 9.81. The highest BCUT2D eigenvalue weighted by atomic mass is 16.2. The molecule has 25 heavy (non-hydrogen) atoms. The molecule has 5 heteroatoms. The van der Waals surface area contributed by atoms with Crippen LogP contribution in [0.1, 0.15) is 26.7 Å². The van der Waals surface area contributed by atoms with Gasteiger partial charge in [-0.05, 0) is 25.0 Å². The molecule has 1 fully saturated rings. The quantitative estimate of drug-likeness (QED) is 0.783. The molecular formula is C20H34N4O. The summed E-state index contributed by atoms with van der Waals surface area (Å²) in [5.41, 5.74) is 6.82. The summed E-state index contributed by atoms with van der Waals surface area (Å²) in [4.78, 5) is 19.5. The molecule has 140 valence electrons. The predicted octanol–water partition coefficient (Wildman–Crippen LogP) is 2.03. The Hall–Kier alpha value is -1.59. The first-order valence-corrected chi connectivity index (χ1v) is 9.54. The monoisotopic (exact) mass is 346 g/mol. The number of likely N-dealkylation sites (N-methyl/N-ethyl adjacent to an activating group) is 1. The van der Waals surface area contributed by atoms with Crippen molar-refractivity contribution in [1.29, 1.82) is 0 Å². The molecule has 0 bridgehead atoms. The molecule has 0 radical (unpaired) electrons. The van der Waals surface area contributed by atoms with E-state index in [9.17, 15) is 4.79 Å². The van der Waals surface area contributed by atoms with Gasteiger partial charge in [-0.2, -0.15) is 0 Å². The third-order valence-corrected chi connectivity index (χ3v) is 5.79. The number of carbonyl (C=O) groups is 1. The van der Waals surface area contributed by atoms with E-state index in [1.165, 1.54) is 5.69 Å². The summed E-state index contributed by atoms with van der Waals surface area (Å²) < 4.78 is 0. The van der Waals surface area contributed by atoms with Gasteiger partial charge in [0.2, 0.25) is 5.91 Å². The van der Waals surface area contributed by atoms with Crippen LogP contribution in [0.15, 0.2) is 30.3 Å². The Bertz CT molecular complexity index is 513. The minimum Gasteiger partial charge on any atom is -0.369 e. The Kier molecular flexibility index (Phi) is 7.26. The standard InChI is InChI=1S/C20H34N4O/c1-4-20(5-2,17-21)19(25)22(3)11-12-23-13-15-24(16-14-23)18-9-7-6-8-10-18/h6-10H,4-5,11-17,21H2,1-3H3. The summed E-state index contributed by atoms with van der Waals surface area (Å²) >= 11 is 0. The van der Waals surface area contributed by atoms with Crippen LogP contribution in [0.3, 0.4) is 0 Å². The fraction of sp³-hybridized carbons (Fsp3) is 0.650. The van der Waals surface area contributed by atoms with Gasteiger partial charge in [0.1, 0.15) is 0 Å². The van der Waals surface area contributed by atoms with Crippen molar-refractivity contribution in [3.8, 4) is 0 Å². The minimum absolute atomic E-state index is 0.197. The van der Waals surface area contributed by atoms with Gasteiger partial charge in [-0.1, -0.05) is 32.0 Å². The molecule has 2 rings (SSSR count). The first kappa shape index (κ1) is 19.7. The highest BCUT2D eigenvalue weighted by Crippen LogP contribution is 2.27. The van der Waals surface area contributed by atoms with E-state index in [0.717, 1.165) is 52.1 Å². The topological polar surface area (TPSA) is 52.8 Å². The van der Waals surface area contributed by atoms with Gasteiger partial charge in [-0.15, -0.1) is 0 Å². The molecular weight excluding hydrogens is 312 g/mol. The molecule has 1 aromatic carbocycles. The van der Waals surface area contributed by atoms with Gasteiger partial charge in [0.15, 0.2) is 0 Å². The van der Waals surface area contributed by atoms with Gasteiger partial charge in [-0.3, -0.25) is 9.69 Å². The highest BCUT2D eigenvalue weighted by Gasteiger charge is 2.35. The van der Waals surface area contributed by atoms with Crippen LogP contribution in [-0.2, 0) is 4.79 Å². The molecule has 0 unspecified atom stereocenters. The van der Waals surface area contributed by atoms with Crippen molar-refractivity contribution in [2.75, 3.05) is 57.8 Å². The minimum atomic E-state index is -0.388. The molecule has 2 N–H and O–H groups in total. The van der Waals surface area contributed by atoms with E-state index in [2.05, 4.69) is 54.0 Å². The van der Waals surface area contributed by atoms with E-state index >= 15 is 0 Å². The van der Waals surface area contributed by atoms with Crippen LogP contribution in [0, 0.1) is 5.41 Å². The predicted molar refractivity (Wildman–Crippen MR) is 105 cm³/mol. The number of benzene rings is 1. The van der Waals surface area contributed by atoms with Gasteiger partial charge in [0.05, 0.1) is 5.41 Å². The molecule has 1 aliphatic rings. The first-order valence-electron chi connectivity index (χ1n) is 9.54. The molecule has 1 aromatic rings. The summed E-state index contributed by atoms with van der Waals surface area (Å²) in [6, 6.07) is 10.6. The number of hydrogen-bond acceptors (Lipinski definition) is 4. The second-order valence-corrected chi connectivity index (χ2v) is 7.08. The number of rotatable bonds is 8. The lowest BCUT2D eigenvalue weighted by Crippen LogP contribution is -2.51. The molecule has 0 aromatic heterocycles. The van der Waals surface area contributed by atoms with Crippen LogP contribution in [0.25, 0.3) is 0 Å². The number of piperazine rings is 1. The van der Waals surface area contributed by atoms with Crippen molar-refractivity contribution in [3.05, 3.63) is 30.3 Å². The van der Waals surface area contributed by atoms with Gasteiger partial charge in [0.25, 0.3) is 0 Å². The number of nitrogens with two attached hydrogens (primary N) is 1.